The molecule has 0 saturated heterocycles. The van der Waals surface area contributed by atoms with E-state index in [1.807, 2.05) is 0 Å². The summed E-state index contributed by atoms with van der Waals surface area (Å²) in [5, 5.41) is 0. The summed E-state index contributed by atoms with van der Waals surface area (Å²) < 4.78 is 0. The molecule has 0 heterocycles. The van der Waals surface area contributed by atoms with Crippen molar-refractivity contribution in [1.82, 2.24) is 4.90 Å². The van der Waals surface area contributed by atoms with E-state index in [-0.39, 0.29) is 12.4 Å². The zero-order valence-electron chi connectivity index (χ0n) is 8.94. The Morgan fingerprint density at radius 2 is 2.20 bits per heavy atom. The van der Waals surface area contributed by atoms with Crippen LogP contribution < -0.4 is 0 Å². The lowest BCUT2D eigenvalue weighted by atomic mass is 10.1. The van der Waals surface area contributed by atoms with Crippen molar-refractivity contribution in [2.24, 2.45) is 0 Å². The lowest BCUT2D eigenvalue weighted by Crippen LogP contribution is -2.23. The zero-order chi connectivity index (χ0) is 9.97. The Morgan fingerprint density at radius 1 is 1.47 bits per heavy atom. The molecule has 2 rings (SSSR count). The average Bonchev–Trinajstić information content (AvgIpc) is 2.61. The van der Waals surface area contributed by atoms with E-state index in [0.717, 1.165) is 6.54 Å². The predicted molar refractivity (Wildman–Crippen MR) is 66.2 cm³/mol. The number of hydrogen-bond acceptors (Lipinski definition) is 1. The van der Waals surface area contributed by atoms with Crippen LogP contribution in [-0.4, -0.2) is 18.5 Å². The largest absolute Gasteiger partial charge is 0.288 e. The van der Waals surface area contributed by atoms with Gasteiger partial charge in [-0.05, 0) is 31.0 Å². The highest BCUT2D eigenvalue weighted by atomic mass is 35.5. The molecule has 0 spiro atoms. The molecule has 0 fully saturated rings. The SMILES string of the molecule is C#CCN(C)[C@H]1CCc2ccccc21.Cl. The number of terminal acetylenes is 1. The maximum absolute atomic E-state index is 5.33. The third-order valence-corrected chi connectivity index (χ3v) is 2.97. The van der Waals surface area contributed by atoms with Gasteiger partial charge in [0.1, 0.15) is 0 Å². The monoisotopic (exact) mass is 221 g/mol. The summed E-state index contributed by atoms with van der Waals surface area (Å²) in [6, 6.07) is 9.20. The van der Waals surface area contributed by atoms with Crippen molar-refractivity contribution in [2.75, 3.05) is 13.6 Å². The first kappa shape index (κ1) is 12.1. The number of benzene rings is 1. The zero-order valence-corrected chi connectivity index (χ0v) is 9.76. The van der Waals surface area contributed by atoms with Crippen molar-refractivity contribution >= 4 is 12.4 Å². The highest BCUT2D eigenvalue weighted by Gasteiger charge is 2.24. The van der Waals surface area contributed by atoms with E-state index in [4.69, 9.17) is 6.42 Å². The summed E-state index contributed by atoms with van der Waals surface area (Å²) in [4.78, 5) is 2.26. The van der Waals surface area contributed by atoms with Crippen LogP contribution in [0.4, 0.5) is 0 Å². The van der Waals surface area contributed by atoms with Gasteiger partial charge >= 0.3 is 0 Å². The minimum Gasteiger partial charge on any atom is -0.288 e. The summed E-state index contributed by atoms with van der Waals surface area (Å²) in [6.45, 7) is 0.735. The summed E-state index contributed by atoms with van der Waals surface area (Å²) in [5.41, 5.74) is 2.95. The average molecular weight is 222 g/mol. The van der Waals surface area contributed by atoms with Gasteiger partial charge in [-0.1, -0.05) is 30.2 Å². The number of halogens is 1. The number of nitrogens with zero attached hydrogens (tertiary/aromatic N) is 1. The number of hydrogen-bond donors (Lipinski definition) is 0. The Labute approximate surface area is 97.9 Å². The summed E-state index contributed by atoms with van der Waals surface area (Å²) in [7, 11) is 2.10. The van der Waals surface area contributed by atoms with Gasteiger partial charge in [-0.3, -0.25) is 4.90 Å². The van der Waals surface area contributed by atoms with Crippen molar-refractivity contribution in [2.45, 2.75) is 18.9 Å². The van der Waals surface area contributed by atoms with Crippen molar-refractivity contribution < 1.29 is 0 Å². The normalized spacial score (nSPS) is 18.1. The molecule has 0 N–H and O–H groups in total. The molecular formula is C13H16ClN. The Kier molecular flexibility index (Phi) is 4.20. The fourth-order valence-electron chi connectivity index (χ4n) is 2.25. The molecule has 2 heteroatoms. The van der Waals surface area contributed by atoms with E-state index in [9.17, 15) is 0 Å². The minimum absolute atomic E-state index is 0. The van der Waals surface area contributed by atoms with Crippen LogP contribution in [0.1, 0.15) is 23.6 Å². The summed E-state index contributed by atoms with van der Waals surface area (Å²) in [5.74, 6) is 2.70. The van der Waals surface area contributed by atoms with Crippen molar-refractivity contribution in [3.8, 4) is 12.3 Å². The first-order valence-electron chi connectivity index (χ1n) is 5.04. The van der Waals surface area contributed by atoms with Gasteiger partial charge in [0.2, 0.25) is 0 Å². The molecule has 0 amide bonds. The van der Waals surface area contributed by atoms with Crippen LogP contribution >= 0.6 is 12.4 Å². The molecule has 1 aliphatic carbocycles. The first-order chi connectivity index (χ1) is 6.83. The van der Waals surface area contributed by atoms with Crippen LogP contribution in [0.3, 0.4) is 0 Å². The number of aryl methyl sites for hydroxylation is 1. The van der Waals surface area contributed by atoms with Crippen LogP contribution in [0.2, 0.25) is 0 Å². The van der Waals surface area contributed by atoms with Gasteiger partial charge in [-0.2, -0.15) is 0 Å². The van der Waals surface area contributed by atoms with E-state index in [1.54, 1.807) is 0 Å². The smallest absolute Gasteiger partial charge is 0.0601 e. The third-order valence-electron chi connectivity index (χ3n) is 2.97. The molecule has 0 aliphatic heterocycles. The van der Waals surface area contributed by atoms with Crippen molar-refractivity contribution in [1.29, 1.82) is 0 Å². The molecule has 1 aromatic rings. The Balaban J connectivity index is 0.00000112. The molecule has 0 radical (unpaired) electrons. The van der Waals surface area contributed by atoms with E-state index < -0.39 is 0 Å². The molecule has 0 saturated carbocycles. The van der Waals surface area contributed by atoms with Gasteiger partial charge in [0, 0.05) is 6.04 Å². The van der Waals surface area contributed by atoms with E-state index in [2.05, 4.69) is 42.1 Å². The molecule has 0 bridgehead atoms. The van der Waals surface area contributed by atoms with E-state index in [0.29, 0.717) is 6.04 Å². The standard InChI is InChI=1S/C13H15N.ClH/c1-3-10-14(2)13-9-8-11-6-4-5-7-12(11)13;/h1,4-7,13H,8-10H2,2H3;1H/t13-;/m0./s1. The molecule has 0 unspecified atom stereocenters. The minimum atomic E-state index is 0. The Hall–Kier alpha value is -0.970. The molecule has 1 aromatic carbocycles. The third kappa shape index (κ3) is 2.34. The lowest BCUT2D eigenvalue weighted by Gasteiger charge is -2.22. The molecule has 1 aliphatic rings. The molecule has 0 aromatic heterocycles. The predicted octanol–water partition coefficient (Wildman–Crippen LogP) is 2.66. The topological polar surface area (TPSA) is 3.24 Å². The highest BCUT2D eigenvalue weighted by Crippen LogP contribution is 2.34. The fourth-order valence-corrected chi connectivity index (χ4v) is 2.25. The van der Waals surface area contributed by atoms with Crippen LogP contribution in [-0.2, 0) is 6.42 Å². The molecular weight excluding hydrogens is 206 g/mol. The van der Waals surface area contributed by atoms with Gasteiger partial charge in [0.15, 0.2) is 0 Å². The second-order valence-corrected chi connectivity index (χ2v) is 3.87. The first-order valence-corrected chi connectivity index (χ1v) is 5.04. The van der Waals surface area contributed by atoms with E-state index >= 15 is 0 Å². The number of fused-ring (bicyclic) bond motifs is 1. The van der Waals surface area contributed by atoms with Crippen LogP contribution in [0.5, 0.6) is 0 Å². The Bertz CT molecular complexity index is 367. The molecule has 80 valence electrons. The number of rotatable bonds is 2. The second-order valence-electron chi connectivity index (χ2n) is 3.87. The van der Waals surface area contributed by atoms with Gasteiger partial charge < -0.3 is 0 Å². The molecule has 1 nitrogen and oxygen atoms in total. The van der Waals surface area contributed by atoms with Gasteiger partial charge in [0.05, 0.1) is 6.54 Å². The van der Waals surface area contributed by atoms with Crippen LogP contribution in [0.15, 0.2) is 24.3 Å². The maximum atomic E-state index is 5.33. The lowest BCUT2D eigenvalue weighted by molar-refractivity contribution is 0.274. The molecule has 1 atom stereocenters. The maximum Gasteiger partial charge on any atom is 0.0601 e. The quantitative estimate of drug-likeness (QED) is 0.695. The summed E-state index contributed by atoms with van der Waals surface area (Å²) >= 11 is 0. The van der Waals surface area contributed by atoms with Crippen LogP contribution in [0.25, 0.3) is 0 Å². The van der Waals surface area contributed by atoms with Crippen LogP contribution in [0, 0.1) is 12.3 Å². The fraction of sp³-hybridized carbons (Fsp3) is 0.385. The highest BCUT2D eigenvalue weighted by molar-refractivity contribution is 5.85. The summed E-state index contributed by atoms with van der Waals surface area (Å²) in [6.07, 6.45) is 7.72. The van der Waals surface area contributed by atoms with Crippen molar-refractivity contribution in [3.05, 3.63) is 35.4 Å². The van der Waals surface area contributed by atoms with Gasteiger partial charge in [-0.25, -0.2) is 0 Å². The van der Waals surface area contributed by atoms with Gasteiger partial charge in [0.25, 0.3) is 0 Å². The van der Waals surface area contributed by atoms with E-state index in [1.165, 1.54) is 24.0 Å². The van der Waals surface area contributed by atoms with Gasteiger partial charge in [-0.15, -0.1) is 18.8 Å². The Morgan fingerprint density at radius 3 is 2.93 bits per heavy atom. The second kappa shape index (κ2) is 5.21. The molecule has 15 heavy (non-hydrogen) atoms. The van der Waals surface area contributed by atoms with Crippen molar-refractivity contribution in [3.63, 3.8) is 0 Å².